The van der Waals surface area contributed by atoms with Gasteiger partial charge in [0, 0.05) is 12.5 Å². The Morgan fingerprint density at radius 3 is 2.75 bits per heavy atom. The summed E-state index contributed by atoms with van der Waals surface area (Å²) in [4.78, 5) is 24.3. The third kappa shape index (κ3) is 3.81. The molecule has 0 radical (unpaired) electrons. The smallest absolute Gasteiger partial charge is 0.325 e. The Morgan fingerprint density at radius 2 is 2.19 bits per heavy atom. The molecule has 0 aromatic heterocycles. The second-order valence-corrected chi connectivity index (χ2v) is 4.46. The first kappa shape index (κ1) is 13.0. The summed E-state index contributed by atoms with van der Waals surface area (Å²) in [6.07, 6.45) is 3.75. The number of carbonyl (C=O) groups is 2. The Hall–Kier alpha value is -1.10. The quantitative estimate of drug-likeness (QED) is 0.733. The summed E-state index contributed by atoms with van der Waals surface area (Å²) in [5.74, 6) is -1.17. The third-order valence-corrected chi connectivity index (χ3v) is 3.09. The molecule has 1 fully saturated rings. The van der Waals surface area contributed by atoms with Gasteiger partial charge in [0.25, 0.3) is 0 Å². The molecule has 5 heteroatoms. The van der Waals surface area contributed by atoms with Crippen LogP contribution in [0.1, 0.15) is 32.6 Å². The topological polar surface area (TPSA) is 69.6 Å². The minimum Gasteiger partial charge on any atom is -0.480 e. The Bertz CT molecular complexity index is 268. The molecule has 0 saturated carbocycles. The van der Waals surface area contributed by atoms with E-state index >= 15 is 0 Å². The molecule has 0 spiro atoms. The van der Waals surface area contributed by atoms with Gasteiger partial charge in [-0.3, -0.25) is 9.59 Å². The SMILES string of the molecule is C[C@H](NC(=O)CC1CCCCN1C)C(=O)O. The summed E-state index contributed by atoms with van der Waals surface area (Å²) in [5, 5.41) is 11.1. The van der Waals surface area contributed by atoms with E-state index in [0.717, 1.165) is 19.4 Å². The summed E-state index contributed by atoms with van der Waals surface area (Å²) < 4.78 is 0. The van der Waals surface area contributed by atoms with E-state index in [0.29, 0.717) is 6.42 Å². The third-order valence-electron chi connectivity index (χ3n) is 3.09. The van der Waals surface area contributed by atoms with E-state index < -0.39 is 12.0 Å². The minimum absolute atomic E-state index is 0.173. The van der Waals surface area contributed by atoms with Crippen molar-refractivity contribution in [3.05, 3.63) is 0 Å². The summed E-state index contributed by atoms with van der Waals surface area (Å²) in [6, 6.07) is -0.545. The number of piperidine rings is 1. The molecule has 1 amide bonds. The van der Waals surface area contributed by atoms with Crippen LogP contribution < -0.4 is 5.32 Å². The maximum absolute atomic E-state index is 11.6. The van der Waals surface area contributed by atoms with Crippen LogP contribution in [0.4, 0.5) is 0 Å². The Kier molecular flexibility index (Phi) is 4.73. The van der Waals surface area contributed by atoms with E-state index in [4.69, 9.17) is 5.11 Å². The fourth-order valence-corrected chi connectivity index (χ4v) is 1.98. The van der Waals surface area contributed by atoms with Crippen LogP contribution in [0.5, 0.6) is 0 Å². The molecule has 1 heterocycles. The van der Waals surface area contributed by atoms with Gasteiger partial charge in [0.15, 0.2) is 0 Å². The molecule has 0 bridgehead atoms. The number of rotatable bonds is 4. The molecule has 0 aromatic carbocycles. The largest absolute Gasteiger partial charge is 0.480 e. The van der Waals surface area contributed by atoms with E-state index in [1.165, 1.54) is 13.3 Å². The molecule has 5 nitrogen and oxygen atoms in total. The lowest BCUT2D eigenvalue weighted by molar-refractivity contribution is -0.141. The normalized spacial score (nSPS) is 23.8. The average molecular weight is 228 g/mol. The summed E-state index contributed by atoms with van der Waals surface area (Å²) in [7, 11) is 2.01. The number of carbonyl (C=O) groups excluding carboxylic acids is 1. The fraction of sp³-hybridized carbons (Fsp3) is 0.818. The number of nitrogens with one attached hydrogen (secondary N) is 1. The van der Waals surface area contributed by atoms with Crippen molar-refractivity contribution in [3.63, 3.8) is 0 Å². The average Bonchev–Trinajstić information content (AvgIpc) is 2.21. The van der Waals surface area contributed by atoms with Crippen molar-refractivity contribution in [2.75, 3.05) is 13.6 Å². The molecule has 0 aliphatic carbocycles. The molecular formula is C11H20N2O3. The van der Waals surface area contributed by atoms with Crippen molar-refractivity contribution in [1.82, 2.24) is 10.2 Å². The van der Waals surface area contributed by atoms with E-state index in [2.05, 4.69) is 10.2 Å². The number of nitrogens with zero attached hydrogens (tertiary/aromatic N) is 1. The highest BCUT2D eigenvalue weighted by Gasteiger charge is 2.23. The van der Waals surface area contributed by atoms with Crippen LogP contribution in [0.2, 0.25) is 0 Å². The second kappa shape index (κ2) is 5.84. The molecule has 1 unspecified atom stereocenters. The number of likely N-dealkylation sites (tertiary alicyclic amines) is 1. The number of hydrogen-bond acceptors (Lipinski definition) is 3. The molecule has 1 rings (SSSR count). The molecule has 1 saturated heterocycles. The summed E-state index contributed by atoms with van der Waals surface area (Å²) in [5.41, 5.74) is 0. The molecule has 1 aliphatic rings. The van der Waals surface area contributed by atoms with Crippen molar-refractivity contribution in [2.45, 2.75) is 44.7 Å². The van der Waals surface area contributed by atoms with Crippen LogP contribution >= 0.6 is 0 Å². The van der Waals surface area contributed by atoms with E-state index in [1.54, 1.807) is 0 Å². The standard InChI is InChI=1S/C11H20N2O3/c1-8(11(15)16)12-10(14)7-9-5-3-4-6-13(9)2/h8-9H,3-7H2,1-2H3,(H,12,14)(H,15,16)/t8-,9?/m0/s1. The van der Waals surface area contributed by atoms with Gasteiger partial charge < -0.3 is 15.3 Å². The molecule has 0 aromatic rings. The zero-order chi connectivity index (χ0) is 12.1. The number of carboxylic acid groups (broad SMARTS) is 1. The maximum atomic E-state index is 11.6. The van der Waals surface area contributed by atoms with Crippen LogP contribution in [-0.4, -0.2) is 47.6 Å². The number of hydrogen-bond donors (Lipinski definition) is 2. The van der Waals surface area contributed by atoms with E-state index in [9.17, 15) is 9.59 Å². The van der Waals surface area contributed by atoms with Gasteiger partial charge in [-0.15, -0.1) is 0 Å². The predicted molar refractivity (Wildman–Crippen MR) is 60.1 cm³/mol. The first-order chi connectivity index (χ1) is 7.50. The second-order valence-electron chi connectivity index (χ2n) is 4.46. The highest BCUT2D eigenvalue weighted by molar-refractivity contribution is 5.83. The first-order valence-corrected chi connectivity index (χ1v) is 5.73. The van der Waals surface area contributed by atoms with Gasteiger partial charge in [-0.2, -0.15) is 0 Å². The van der Waals surface area contributed by atoms with Gasteiger partial charge in [-0.05, 0) is 33.4 Å². The number of aliphatic carboxylic acids is 1. The number of amides is 1. The summed E-state index contributed by atoms with van der Waals surface area (Å²) >= 11 is 0. The van der Waals surface area contributed by atoms with Gasteiger partial charge in [-0.25, -0.2) is 0 Å². The molecule has 16 heavy (non-hydrogen) atoms. The minimum atomic E-state index is -0.995. The van der Waals surface area contributed by atoms with Gasteiger partial charge in [0.05, 0.1) is 0 Å². The predicted octanol–water partition coefficient (Wildman–Crippen LogP) is 0.450. The maximum Gasteiger partial charge on any atom is 0.325 e. The lowest BCUT2D eigenvalue weighted by atomic mass is 10.00. The monoisotopic (exact) mass is 228 g/mol. The molecule has 2 N–H and O–H groups in total. The zero-order valence-corrected chi connectivity index (χ0v) is 9.90. The van der Waals surface area contributed by atoms with Crippen molar-refractivity contribution in [2.24, 2.45) is 0 Å². The van der Waals surface area contributed by atoms with Crippen molar-refractivity contribution >= 4 is 11.9 Å². The lowest BCUT2D eigenvalue weighted by Crippen LogP contribution is -2.44. The van der Waals surface area contributed by atoms with Crippen LogP contribution in [0.15, 0.2) is 0 Å². The lowest BCUT2D eigenvalue weighted by Gasteiger charge is -2.32. The van der Waals surface area contributed by atoms with Crippen molar-refractivity contribution in [3.8, 4) is 0 Å². The zero-order valence-electron chi connectivity index (χ0n) is 9.90. The van der Waals surface area contributed by atoms with Crippen LogP contribution in [-0.2, 0) is 9.59 Å². The molecule has 92 valence electrons. The Morgan fingerprint density at radius 1 is 1.50 bits per heavy atom. The molecule has 2 atom stereocenters. The molecule has 1 aliphatic heterocycles. The van der Waals surface area contributed by atoms with Crippen LogP contribution in [0, 0.1) is 0 Å². The fourth-order valence-electron chi connectivity index (χ4n) is 1.98. The van der Waals surface area contributed by atoms with E-state index in [1.807, 2.05) is 7.05 Å². The van der Waals surface area contributed by atoms with Gasteiger partial charge >= 0.3 is 5.97 Å². The van der Waals surface area contributed by atoms with Gasteiger partial charge in [0.2, 0.25) is 5.91 Å². The van der Waals surface area contributed by atoms with Crippen molar-refractivity contribution in [1.29, 1.82) is 0 Å². The Balaban J connectivity index is 2.35. The van der Waals surface area contributed by atoms with Gasteiger partial charge in [-0.1, -0.05) is 6.42 Å². The first-order valence-electron chi connectivity index (χ1n) is 5.73. The highest BCUT2D eigenvalue weighted by atomic mass is 16.4. The summed E-state index contributed by atoms with van der Waals surface area (Å²) in [6.45, 7) is 2.50. The molecular weight excluding hydrogens is 208 g/mol. The Labute approximate surface area is 95.8 Å². The van der Waals surface area contributed by atoms with E-state index in [-0.39, 0.29) is 11.9 Å². The number of carboxylic acids is 1. The highest BCUT2D eigenvalue weighted by Crippen LogP contribution is 2.17. The van der Waals surface area contributed by atoms with Gasteiger partial charge in [0.1, 0.15) is 6.04 Å². The van der Waals surface area contributed by atoms with Crippen LogP contribution in [0.3, 0.4) is 0 Å². The van der Waals surface area contributed by atoms with Crippen molar-refractivity contribution < 1.29 is 14.7 Å². The van der Waals surface area contributed by atoms with Crippen LogP contribution in [0.25, 0.3) is 0 Å².